The van der Waals surface area contributed by atoms with E-state index in [4.69, 9.17) is 9.72 Å². The van der Waals surface area contributed by atoms with Gasteiger partial charge in [-0.25, -0.2) is 4.98 Å². The Balaban J connectivity index is 1.35. The van der Waals surface area contributed by atoms with Crippen LogP contribution in [0.2, 0.25) is 0 Å². The Kier molecular flexibility index (Phi) is 7.84. The number of carbonyl (C=O) groups excluding carboxylic acids is 1. The second kappa shape index (κ2) is 12.0. The zero-order valence-corrected chi connectivity index (χ0v) is 23.5. The molecule has 6 rings (SSSR count). The lowest BCUT2D eigenvalue weighted by Gasteiger charge is -2.29. The zero-order chi connectivity index (χ0) is 28.2. The second-order valence-corrected chi connectivity index (χ2v) is 11.0. The Bertz CT molecular complexity index is 1590. The van der Waals surface area contributed by atoms with E-state index in [1.54, 1.807) is 7.11 Å². The summed E-state index contributed by atoms with van der Waals surface area (Å²) < 4.78 is 5.38. The maximum absolute atomic E-state index is 14.3. The third-order valence-electron chi connectivity index (χ3n) is 8.30. The molecule has 1 aromatic heterocycles. The first kappa shape index (κ1) is 26.8. The first-order chi connectivity index (χ1) is 20.1. The molecule has 0 aliphatic carbocycles. The van der Waals surface area contributed by atoms with E-state index in [2.05, 4.69) is 27.3 Å². The molecule has 2 aliphatic heterocycles. The first-order valence-electron chi connectivity index (χ1n) is 14.5. The minimum absolute atomic E-state index is 0.0699. The first-order valence-corrected chi connectivity index (χ1v) is 14.5. The van der Waals surface area contributed by atoms with Crippen molar-refractivity contribution in [3.63, 3.8) is 0 Å². The van der Waals surface area contributed by atoms with Crippen molar-refractivity contribution in [2.75, 3.05) is 38.6 Å². The van der Waals surface area contributed by atoms with Gasteiger partial charge in [-0.05, 0) is 97.9 Å². The minimum atomic E-state index is 0.0699. The summed E-state index contributed by atoms with van der Waals surface area (Å²) in [5, 5.41) is 13.5. The molecule has 41 heavy (non-hydrogen) atoms. The average Bonchev–Trinajstić information content (AvgIpc) is 3.72. The summed E-state index contributed by atoms with van der Waals surface area (Å²) in [4.78, 5) is 23.8. The number of hydrogen-bond acceptors (Lipinski definition) is 6. The van der Waals surface area contributed by atoms with Crippen molar-refractivity contribution in [3.8, 4) is 22.9 Å². The van der Waals surface area contributed by atoms with E-state index >= 15 is 0 Å². The number of hydrogen-bond donors (Lipinski definition) is 1. The van der Waals surface area contributed by atoms with Gasteiger partial charge in [0.05, 0.1) is 29.8 Å². The van der Waals surface area contributed by atoms with Crippen molar-refractivity contribution >= 4 is 22.6 Å². The highest BCUT2D eigenvalue weighted by Gasteiger charge is 2.32. The molecule has 1 amide bonds. The number of carbonyl (C=O) groups is 1. The monoisotopic (exact) mass is 545 g/mol. The van der Waals surface area contributed by atoms with Gasteiger partial charge in [0.15, 0.2) is 0 Å². The SMILES string of the molecule is COc1cccc(CNc2cc(C(=O)N3CCC[C@H]3CN3CCCC3)c3cc(-c4ccc(C#N)cc4)ccc3n2)c1. The van der Waals surface area contributed by atoms with Gasteiger partial charge in [-0.1, -0.05) is 30.3 Å². The number of amides is 1. The Hall–Kier alpha value is -4.41. The van der Waals surface area contributed by atoms with E-state index in [1.165, 1.54) is 12.8 Å². The topological polar surface area (TPSA) is 81.5 Å². The van der Waals surface area contributed by atoms with Gasteiger partial charge in [0.25, 0.3) is 5.91 Å². The van der Waals surface area contributed by atoms with E-state index in [0.29, 0.717) is 23.5 Å². The number of methoxy groups -OCH3 is 1. The second-order valence-electron chi connectivity index (χ2n) is 11.0. The third-order valence-corrected chi connectivity index (χ3v) is 8.30. The van der Waals surface area contributed by atoms with Gasteiger partial charge in [-0.2, -0.15) is 5.26 Å². The predicted octanol–water partition coefficient (Wildman–Crippen LogP) is 6.09. The molecule has 0 radical (unpaired) electrons. The highest BCUT2D eigenvalue weighted by atomic mass is 16.5. The number of nitrogens with one attached hydrogen (secondary N) is 1. The number of anilines is 1. The van der Waals surface area contributed by atoms with Gasteiger partial charge in [0.2, 0.25) is 0 Å². The molecule has 2 saturated heterocycles. The van der Waals surface area contributed by atoms with Crippen molar-refractivity contribution in [1.29, 1.82) is 5.26 Å². The van der Waals surface area contributed by atoms with Gasteiger partial charge in [-0.3, -0.25) is 4.79 Å². The molecule has 3 heterocycles. The van der Waals surface area contributed by atoms with Crippen LogP contribution >= 0.6 is 0 Å². The van der Waals surface area contributed by atoms with E-state index in [9.17, 15) is 10.1 Å². The molecule has 1 N–H and O–H groups in total. The predicted molar refractivity (Wildman–Crippen MR) is 162 cm³/mol. The van der Waals surface area contributed by atoms with E-state index in [-0.39, 0.29) is 11.9 Å². The smallest absolute Gasteiger partial charge is 0.254 e. The molecule has 0 saturated carbocycles. The summed E-state index contributed by atoms with van der Waals surface area (Å²) in [6.07, 6.45) is 4.57. The number of aromatic nitrogens is 1. The summed E-state index contributed by atoms with van der Waals surface area (Å²) >= 11 is 0. The highest BCUT2D eigenvalue weighted by molar-refractivity contribution is 6.08. The molecule has 2 aliphatic rings. The molecule has 0 bridgehead atoms. The molecular formula is C34H35N5O2. The van der Waals surface area contributed by atoms with Crippen LogP contribution in [0.4, 0.5) is 5.82 Å². The maximum Gasteiger partial charge on any atom is 0.254 e. The van der Waals surface area contributed by atoms with E-state index < -0.39 is 0 Å². The molecule has 7 heteroatoms. The number of ether oxygens (including phenoxy) is 1. The van der Waals surface area contributed by atoms with E-state index in [0.717, 1.165) is 72.4 Å². The van der Waals surface area contributed by atoms with Crippen LogP contribution in [0.5, 0.6) is 5.75 Å². The van der Waals surface area contributed by atoms with Crippen LogP contribution < -0.4 is 10.1 Å². The Morgan fingerprint density at radius 1 is 1.00 bits per heavy atom. The van der Waals surface area contributed by atoms with Crippen molar-refractivity contribution in [2.24, 2.45) is 0 Å². The van der Waals surface area contributed by atoms with Crippen LogP contribution in [0, 0.1) is 11.3 Å². The number of fused-ring (bicyclic) bond motifs is 1. The molecule has 208 valence electrons. The molecular weight excluding hydrogens is 510 g/mol. The summed E-state index contributed by atoms with van der Waals surface area (Å²) in [6, 6.07) is 25.9. The Morgan fingerprint density at radius 3 is 2.59 bits per heavy atom. The molecule has 4 aromatic rings. The summed E-state index contributed by atoms with van der Waals surface area (Å²) in [5.41, 5.74) is 5.13. The van der Waals surface area contributed by atoms with Gasteiger partial charge >= 0.3 is 0 Å². The number of nitrogens with zero attached hydrogens (tertiary/aromatic N) is 4. The molecule has 1 atom stereocenters. The van der Waals surface area contributed by atoms with Crippen LogP contribution in [-0.2, 0) is 6.54 Å². The van der Waals surface area contributed by atoms with Gasteiger partial charge in [0, 0.05) is 31.1 Å². The average molecular weight is 546 g/mol. The number of rotatable bonds is 8. The molecule has 2 fully saturated rings. The lowest BCUT2D eigenvalue weighted by atomic mass is 9.99. The van der Waals surface area contributed by atoms with Crippen molar-refractivity contribution in [3.05, 3.63) is 89.5 Å². The fourth-order valence-electron chi connectivity index (χ4n) is 6.10. The fraction of sp³-hybridized carbons (Fsp3) is 0.324. The van der Waals surface area contributed by atoms with Gasteiger partial charge in [-0.15, -0.1) is 0 Å². The van der Waals surface area contributed by atoms with Crippen LogP contribution in [0.15, 0.2) is 72.8 Å². The van der Waals surface area contributed by atoms with Crippen molar-refractivity contribution in [2.45, 2.75) is 38.3 Å². The molecule has 0 spiro atoms. The number of benzene rings is 3. The molecule has 0 unspecified atom stereocenters. The maximum atomic E-state index is 14.3. The fourth-order valence-corrected chi connectivity index (χ4v) is 6.10. The lowest BCUT2D eigenvalue weighted by molar-refractivity contribution is 0.0710. The third kappa shape index (κ3) is 5.89. The number of likely N-dealkylation sites (tertiary alicyclic amines) is 2. The van der Waals surface area contributed by atoms with Gasteiger partial charge < -0.3 is 19.9 Å². The summed E-state index contributed by atoms with van der Waals surface area (Å²) in [5.74, 6) is 1.55. The van der Waals surface area contributed by atoms with Crippen LogP contribution in [0.1, 0.15) is 47.2 Å². The van der Waals surface area contributed by atoms with Crippen molar-refractivity contribution in [1.82, 2.24) is 14.8 Å². The summed E-state index contributed by atoms with van der Waals surface area (Å²) in [6.45, 7) is 4.55. The quantitative estimate of drug-likeness (QED) is 0.288. The minimum Gasteiger partial charge on any atom is -0.497 e. The van der Waals surface area contributed by atoms with Crippen molar-refractivity contribution < 1.29 is 9.53 Å². The summed E-state index contributed by atoms with van der Waals surface area (Å²) in [7, 11) is 1.66. The highest BCUT2D eigenvalue weighted by Crippen LogP contribution is 2.31. The molecule has 7 nitrogen and oxygen atoms in total. The Morgan fingerprint density at radius 2 is 1.80 bits per heavy atom. The van der Waals surface area contributed by atoms with Crippen LogP contribution in [0.25, 0.3) is 22.0 Å². The van der Waals surface area contributed by atoms with Crippen LogP contribution in [0.3, 0.4) is 0 Å². The molecule has 3 aromatic carbocycles. The van der Waals surface area contributed by atoms with Crippen LogP contribution in [-0.4, -0.2) is 60.0 Å². The largest absolute Gasteiger partial charge is 0.497 e. The van der Waals surface area contributed by atoms with E-state index in [1.807, 2.05) is 66.7 Å². The Labute approximate surface area is 241 Å². The standard InChI is InChI=1S/C34H35N5O2/c1-41-29-8-4-6-25(18-29)22-36-33-20-31(34(40)39-17-5-7-28(39)23-38-15-2-3-16-38)30-19-27(13-14-32(30)37-33)26-11-9-24(21-35)10-12-26/h4,6,8-14,18-20,28H,2-3,5,7,15-17,22-23H2,1H3,(H,36,37)/t28-/m0/s1. The zero-order valence-electron chi connectivity index (χ0n) is 23.5. The number of nitriles is 1. The lowest BCUT2D eigenvalue weighted by Crippen LogP contribution is -2.42. The van der Waals surface area contributed by atoms with Gasteiger partial charge in [0.1, 0.15) is 11.6 Å². The normalized spacial score (nSPS) is 17.1. The number of pyridine rings is 1.